The molecule has 0 saturated carbocycles. The molecule has 1 aliphatic carbocycles. The quantitative estimate of drug-likeness (QED) is 0.304. The van der Waals surface area contributed by atoms with Crippen molar-refractivity contribution in [2.75, 3.05) is 0 Å². The van der Waals surface area contributed by atoms with Crippen LogP contribution in [-0.2, 0) is 5.41 Å². The van der Waals surface area contributed by atoms with Gasteiger partial charge in [0.05, 0.1) is 5.41 Å². The number of aryl methyl sites for hydroxylation is 4. The molecule has 0 heteroatoms. The van der Waals surface area contributed by atoms with Gasteiger partial charge in [0.2, 0.25) is 0 Å². The summed E-state index contributed by atoms with van der Waals surface area (Å²) in [5, 5.41) is 0. The highest BCUT2D eigenvalue weighted by molar-refractivity contribution is 5.86. The van der Waals surface area contributed by atoms with Crippen LogP contribution in [0.15, 0.2) is 84.9 Å². The maximum Gasteiger partial charge on any atom is 0.0713 e. The van der Waals surface area contributed by atoms with Crippen LogP contribution in [0.3, 0.4) is 0 Å². The van der Waals surface area contributed by atoms with Gasteiger partial charge < -0.3 is 0 Å². The van der Waals surface area contributed by atoms with Crippen LogP contribution in [0.5, 0.6) is 0 Å². The molecule has 0 heterocycles. The van der Waals surface area contributed by atoms with E-state index in [0.717, 1.165) is 0 Å². The number of hydrogen-bond donors (Lipinski definition) is 0. The van der Waals surface area contributed by atoms with Crippen molar-refractivity contribution < 1.29 is 0 Å². The standard InChI is InChI=1S/C29H26/c1-19-8-12-23(13-9-19)29(24-7-5-6-20(2)16-24)27-17-21(3)10-14-25(27)26-15-11-22(4)18-28(26)29/h5-18H,1-4H3. The summed E-state index contributed by atoms with van der Waals surface area (Å²) < 4.78 is 0. The van der Waals surface area contributed by atoms with Gasteiger partial charge in [-0.05, 0) is 61.1 Å². The van der Waals surface area contributed by atoms with Gasteiger partial charge in [0.15, 0.2) is 0 Å². The van der Waals surface area contributed by atoms with Crippen molar-refractivity contribution in [1.82, 2.24) is 0 Å². The van der Waals surface area contributed by atoms with Crippen molar-refractivity contribution in [3.05, 3.63) is 129 Å². The maximum atomic E-state index is 2.40. The number of benzene rings is 4. The van der Waals surface area contributed by atoms with E-state index < -0.39 is 0 Å². The number of rotatable bonds is 2. The predicted octanol–water partition coefficient (Wildman–Crippen LogP) is 7.28. The predicted molar refractivity (Wildman–Crippen MR) is 123 cm³/mol. The molecule has 1 aliphatic rings. The number of hydrogen-bond acceptors (Lipinski definition) is 0. The van der Waals surface area contributed by atoms with Crippen molar-refractivity contribution in [1.29, 1.82) is 0 Å². The SMILES string of the molecule is Cc1ccc(C2(c3cccc(C)c3)c3cc(C)ccc3-c3ccc(C)cc32)cc1. The van der Waals surface area contributed by atoms with E-state index in [-0.39, 0.29) is 5.41 Å². The first-order chi connectivity index (χ1) is 14.0. The summed E-state index contributed by atoms with van der Waals surface area (Å²) in [5.74, 6) is 0. The lowest BCUT2D eigenvalue weighted by Crippen LogP contribution is -2.29. The summed E-state index contributed by atoms with van der Waals surface area (Å²) in [5.41, 5.74) is 13.1. The minimum absolute atomic E-state index is 0.289. The first-order valence-corrected chi connectivity index (χ1v) is 10.4. The molecule has 0 aromatic heterocycles. The van der Waals surface area contributed by atoms with Crippen LogP contribution in [0, 0.1) is 27.7 Å². The lowest BCUT2D eigenvalue weighted by atomic mass is 9.67. The Hall–Kier alpha value is -3.12. The molecule has 5 rings (SSSR count). The molecule has 0 fully saturated rings. The second-order valence-corrected chi connectivity index (χ2v) is 8.58. The van der Waals surface area contributed by atoms with Gasteiger partial charge in [-0.15, -0.1) is 0 Å². The highest BCUT2D eigenvalue weighted by Crippen LogP contribution is 2.56. The summed E-state index contributed by atoms with van der Waals surface area (Å²) in [6.07, 6.45) is 0. The largest absolute Gasteiger partial charge is 0.0713 e. The van der Waals surface area contributed by atoms with Gasteiger partial charge in [0, 0.05) is 0 Å². The van der Waals surface area contributed by atoms with E-state index in [9.17, 15) is 0 Å². The Kier molecular flexibility index (Phi) is 3.99. The monoisotopic (exact) mass is 374 g/mol. The minimum atomic E-state index is -0.289. The van der Waals surface area contributed by atoms with Gasteiger partial charge >= 0.3 is 0 Å². The molecule has 0 unspecified atom stereocenters. The first kappa shape index (κ1) is 17.9. The van der Waals surface area contributed by atoms with Crippen molar-refractivity contribution in [3.8, 4) is 11.1 Å². The van der Waals surface area contributed by atoms with E-state index >= 15 is 0 Å². The Labute approximate surface area is 173 Å². The topological polar surface area (TPSA) is 0 Å². The van der Waals surface area contributed by atoms with Crippen molar-refractivity contribution >= 4 is 0 Å². The minimum Gasteiger partial charge on any atom is -0.0617 e. The van der Waals surface area contributed by atoms with E-state index in [1.54, 1.807) is 0 Å². The van der Waals surface area contributed by atoms with Crippen LogP contribution >= 0.6 is 0 Å². The van der Waals surface area contributed by atoms with Gasteiger partial charge in [-0.3, -0.25) is 0 Å². The van der Waals surface area contributed by atoms with Crippen molar-refractivity contribution in [2.24, 2.45) is 0 Å². The van der Waals surface area contributed by atoms with E-state index in [0.29, 0.717) is 0 Å². The summed E-state index contributed by atoms with van der Waals surface area (Å²) >= 11 is 0. The van der Waals surface area contributed by atoms with Gasteiger partial charge in [0.1, 0.15) is 0 Å². The molecule has 0 atom stereocenters. The summed E-state index contributed by atoms with van der Waals surface area (Å²) in [7, 11) is 0. The second-order valence-electron chi connectivity index (χ2n) is 8.58. The van der Waals surface area contributed by atoms with Crippen LogP contribution in [0.4, 0.5) is 0 Å². The third-order valence-electron chi connectivity index (χ3n) is 6.38. The molecule has 0 radical (unpaired) electrons. The van der Waals surface area contributed by atoms with Gasteiger partial charge in [-0.2, -0.15) is 0 Å². The van der Waals surface area contributed by atoms with Crippen LogP contribution < -0.4 is 0 Å². The molecule has 0 bridgehead atoms. The van der Waals surface area contributed by atoms with E-state index in [1.807, 2.05) is 0 Å². The molecular weight excluding hydrogens is 348 g/mol. The molecule has 0 amide bonds. The smallest absolute Gasteiger partial charge is 0.0617 e. The zero-order chi connectivity index (χ0) is 20.2. The Balaban J connectivity index is 1.99. The highest BCUT2D eigenvalue weighted by atomic mass is 14.5. The first-order valence-electron chi connectivity index (χ1n) is 10.4. The second kappa shape index (κ2) is 6.46. The molecule has 0 saturated heterocycles. The molecule has 4 aromatic carbocycles. The zero-order valence-electron chi connectivity index (χ0n) is 17.6. The lowest BCUT2D eigenvalue weighted by Gasteiger charge is -2.34. The van der Waals surface area contributed by atoms with Crippen LogP contribution in [0.2, 0.25) is 0 Å². The summed E-state index contributed by atoms with van der Waals surface area (Å²) in [6.45, 7) is 8.75. The fraction of sp³-hybridized carbons (Fsp3) is 0.172. The van der Waals surface area contributed by atoms with Gasteiger partial charge in [-0.25, -0.2) is 0 Å². The van der Waals surface area contributed by atoms with E-state index in [2.05, 4.69) is 113 Å². The third-order valence-corrected chi connectivity index (χ3v) is 6.38. The molecule has 142 valence electrons. The Bertz CT molecular complexity index is 1170. The molecule has 4 aromatic rings. The molecular formula is C29H26. The zero-order valence-corrected chi connectivity index (χ0v) is 17.6. The Morgan fingerprint density at radius 3 is 1.52 bits per heavy atom. The molecule has 0 aliphatic heterocycles. The summed E-state index contributed by atoms with van der Waals surface area (Å²) in [6, 6.07) is 32.1. The fourth-order valence-electron chi connectivity index (χ4n) is 5.02. The Morgan fingerprint density at radius 2 is 0.966 bits per heavy atom. The van der Waals surface area contributed by atoms with E-state index in [1.165, 1.54) is 55.6 Å². The molecule has 0 nitrogen and oxygen atoms in total. The summed E-state index contributed by atoms with van der Waals surface area (Å²) in [4.78, 5) is 0. The lowest BCUT2D eigenvalue weighted by molar-refractivity contribution is 0.765. The Morgan fingerprint density at radius 1 is 0.448 bits per heavy atom. The molecule has 0 spiro atoms. The molecule has 0 N–H and O–H groups in total. The van der Waals surface area contributed by atoms with Crippen LogP contribution in [-0.4, -0.2) is 0 Å². The maximum absolute atomic E-state index is 2.40. The number of fused-ring (bicyclic) bond motifs is 3. The normalized spacial score (nSPS) is 13.8. The van der Waals surface area contributed by atoms with Gasteiger partial charge in [0.25, 0.3) is 0 Å². The molecule has 29 heavy (non-hydrogen) atoms. The van der Waals surface area contributed by atoms with Crippen LogP contribution in [0.1, 0.15) is 44.5 Å². The fourth-order valence-corrected chi connectivity index (χ4v) is 5.02. The van der Waals surface area contributed by atoms with Gasteiger partial charge in [-0.1, -0.05) is 107 Å². The average molecular weight is 375 g/mol. The van der Waals surface area contributed by atoms with Crippen molar-refractivity contribution in [2.45, 2.75) is 33.1 Å². The third kappa shape index (κ3) is 2.59. The van der Waals surface area contributed by atoms with Crippen LogP contribution in [0.25, 0.3) is 11.1 Å². The van der Waals surface area contributed by atoms with Crippen molar-refractivity contribution in [3.63, 3.8) is 0 Å². The van der Waals surface area contributed by atoms with E-state index in [4.69, 9.17) is 0 Å². The highest BCUT2D eigenvalue weighted by Gasteiger charge is 2.46. The average Bonchev–Trinajstić information content (AvgIpc) is 2.98.